The van der Waals surface area contributed by atoms with Gasteiger partial charge in [0.05, 0.1) is 27.1 Å². The van der Waals surface area contributed by atoms with E-state index >= 15 is 0 Å². The Balaban J connectivity index is 1.66. The first-order valence-electron chi connectivity index (χ1n) is 9.06. The molecule has 1 N–H and O–H groups in total. The molecule has 0 unspecified atom stereocenters. The number of ether oxygens (including phenoxy) is 1. The normalized spacial score (nSPS) is 14.8. The standard InChI is InChI=1S/C21H16Cl2N2O5S/c1-2-30-20(28)12-6-8-14(9-7-12)24-17(26)11-25-19(27)16(31-21(25)29)10-13-4-3-5-15(22)18(13)23/h3-10H,2,11H2,1H3,(H,24,26)/b16-10-. The van der Waals surface area contributed by atoms with Gasteiger partial charge >= 0.3 is 5.97 Å². The lowest BCUT2D eigenvalue weighted by molar-refractivity contribution is -0.127. The lowest BCUT2D eigenvalue weighted by Crippen LogP contribution is -2.36. The van der Waals surface area contributed by atoms with Crippen LogP contribution in [0.25, 0.3) is 6.08 Å². The maximum absolute atomic E-state index is 12.6. The van der Waals surface area contributed by atoms with E-state index in [-0.39, 0.29) is 16.5 Å². The third kappa shape index (κ3) is 5.46. The first kappa shape index (κ1) is 22.9. The van der Waals surface area contributed by atoms with E-state index in [1.807, 2.05) is 0 Å². The SMILES string of the molecule is CCOC(=O)c1ccc(NC(=O)CN2C(=O)S/C(=C\c3cccc(Cl)c3Cl)C2=O)cc1. The molecule has 3 amide bonds. The van der Waals surface area contributed by atoms with E-state index in [1.165, 1.54) is 30.3 Å². The summed E-state index contributed by atoms with van der Waals surface area (Å²) in [4.78, 5) is 49.8. The van der Waals surface area contributed by atoms with Crippen molar-refractivity contribution < 1.29 is 23.9 Å². The van der Waals surface area contributed by atoms with Gasteiger partial charge in [-0.1, -0.05) is 35.3 Å². The van der Waals surface area contributed by atoms with E-state index in [0.29, 0.717) is 33.6 Å². The lowest BCUT2D eigenvalue weighted by Gasteiger charge is -2.12. The molecule has 0 spiro atoms. The number of esters is 1. The zero-order valence-electron chi connectivity index (χ0n) is 16.2. The van der Waals surface area contributed by atoms with Gasteiger partial charge in [0.25, 0.3) is 11.1 Å². The van der Waals surface area contributed by atoms with Crippen LogP contribution >= 0.6 is 35.0 Å². The molecule has 2 aromatic rings. The number of amides is 3. The molecule has 1 aliphatic rings. The average molecular weight is 479 g/mol. The molecule has 0 aromatic heterocycles. The molecular weight excluding hydrogens is 463 g/mol. The third-order valence-electron chi connectivity index (χ3n) is 4.12. The highest BCUT2D eigenvalue weighted by Crippen LogP contribution is 2.35. The summed E-state index contributed by atoms with van der Waals surface area (Å²) in [6.45, 7) is 1.51. The van der Waals surface area contributed by atoms with E-state index in [1.54, 1.807) is 25.1 Å². The fourth-order valence-electron chi connectivity index (χ4n) is 2.66. The summed E-state index contributed by atoms with van der Waals surface area (Å²) in [6.07, 6.45) is 1.46. The number of imide groups is 1. The van der Waals surface area contributed by atoms with Gasteiger partial charge in [-0.2, -0.15) is 0 Å². The summed E-state index contributed by atoms with van der Waals surface area (Å²) in [5.41, 5.74) is 1.24. The van der Waals surface area contributed by atoms with Crippen LogP contribution in [-0.2, 0) is 14.3 Å². The highest BCUT2D eigenvalue weighted by molar-refractivity contribution is 8.18. The maximum atomic E-state index is 12.6. The summed E-state index contributed by atoms with van der Waals surface area (Å²) in [5, 5.41) is 2.60. The monoisotopic (exact) mass is 478 g/mol. The summed E-state index contributed by atoms with van der Waals surface area (Å²) >= 11 is 12.8. The minimum absolute atomic E-state index is 0.140. The molecule has 2 aromatic carbocycles. The number of halogens is 2. The summed E-state index contributed by atoms with van der Waals surface area (Å²) in [5.74, 6) is -1.63. The van der Waals surface area contributed by atoms with Gasteiger partial charge in [0.2, 0.25) is 5.91 Å². The summed E-state index contributed by atoms with van der Waals surface area (Å²) in [6, 6.07) is 11.0. The molecule has 1 saturated heterocycles. The van der Waals surface area contributed by atoms with Crippen molar-refractivity contribution in [1.82, 2.24) is 4.90 Å². The Labute approximate surface area is 192 Å². The Morgan fingerprint density at radius 1 is 1.13 bits per heavy atom. The van der Waals surface area contributed by atoms with Crippen molar-refractivity contribution in [3.05, 3.63) is 68.5 Å². The predicted molar refractivity (Wildman–Crippen MR) is 120 cm³/mol. The molecule has 3 rings (SSSR count). The predicted octanol–water partition coefficient (Wildman–Crippen LogP) is 4.85. The van der Waals surface area contributed by atoms with Crippen LogP contribution in [-0.4, -0.2) is 41.1 Å². The van der Waals surface area contributed by atoms with Gasteiger partial charge in [0, 0.05) is 5.69 Å². The molecule has 0 radical (unpaired) electrons. The first-order chi connectivity index (χ1) is 14.8. The van der Waals surface area contributed by atoms with Crippen molar-refractivity contribution in [3.8, 4) is 0 Å². The van der Waals surface area contributed by atoms with Crippen LogP contribution in [0.2, 0.25) is 10.0 Å². The highest BCUT2D eigenvalue weighted by Gasteiger charge is 2.36. The Hall–Kier alpha value is -2.81. The summed E-state index contributed by atoms with van der Waals surface area (Å²) in [7, 11) is 0. The number of carbonyl (C=O) groups excluding carboxylic acids is 4. The number of rotatable bonds is 6. The van der Waals surface area contributed by atoms with Crippen molar-refractivity contribution in [3.63, 3.8) is 0 Å². The molecule has 0 aliphatic carbocycles. The first-order valence-corrected chi connectivity index (χ1v) is 10.6. The van der Waals surface area contributed by atoms with Gasteiger partial charge in [0.1, 0.15) is 6.54 Å². The second-order valence-electron chi connectivity index (χ2n) is 6.26. The van der Waals surface area contributed by atoms with E-state index in [9.17, 15) is 19.2 Å². The Bertz CT molecular complexity index is 1090. The second-order valence-corrected chi connectivity index (χ2v) is 8.04. The minimum atomic E-state index is -0.598. The molecule has 7 nitrogen and oxygen atoms in total. The van der Waals surface area contributed by atoms with E-state index in [2.05, 4.69) is 5.32 Å². The van der Waals surface area contributed by atoms with Crippen LogP contribution in [0, 0.1) is 0 Å². The smallest absolute Gasteiger partial charge is 0.338 e. The minimum Gasteiger partial charge on any atom is -0.462 e. The Morgan fingerprint density at radius 3 is 2.52 bits per heavy atom. The van der Waals surface area contributed by atoms with Gasteiger partial charge in [-0.15, -0.1) is 0 Å². The highest BCUT2D eigenvalue weighted by atomic mass is 35.5. The molecule has 160 valence electrons. The zero-order chi connectivity index (χ0) is 22.5. The molecule has 31 heavy (non-hydrogen) atoms. The van der Waals surface area contributed by atoms with E-state index in [4.69, 9.17) is 27.9 Å². The Kier molecular flexibility index (Phi) is 7.37. The molecule has 1 fully saturated rings. The largest absolute Gasteiger partial charge is 0.462 e. The number of benzene rings is 2. The second kappa shape index (κ2) is 10.00. The van der Waals surface area contributed by atoms with Crippen molar-refractivity contribution in [2.75, 3.05) is 18.5 Å². The van der Waals surface area contributed by atoms with Crippen molar-refractivity contribution in [1.29, 1.82) is 0 Å². The molecule has 0 atom stereocenters. The van der Waals surface area contributed by atoms with Gasteiger partial charge in [-0.05, 0) is 60.7 Å². The number of hydrogen-bond donors (Lipinski definition) is 1. The molecule has 1 heterocycles. The fourth-order valence-corrected chi connectivity index (χ4v) is 3.85. The van der Waals surface area contributed by atoms with E-state index in [0.717, 1.165) is 4.90 Å². The topological polar surface area (TPSA) is 92.8 Å². The van der Waals surface area contributed by atoms with Gasteiger partial charge in [-0.25, -0.2) is 4.79 Å². The van der Waals surface area contributed by atoms with Crippen LogP contribution < -0.4 is 5.32 Å². The van der Waals surface area contributed by atoms with Crippen molar-refractivity contribution in [2.45, 2.75) is 6.92 Å². The number of anilines is 1. The Morgan fingerprint density at radius 2 is 1.84 bits per heavy atom. The van der Waals surface area contributed by atoms with Crippen LogP contribution in [0.3, 0.4) is 0 Å². The van der Waals surface area contributed by atoms with Gasteiger partial charge in [0.15, 0.2) is 0 Å². The van der Waals surface area contributed by atoms with Crippen LogP contribution in [0.4, 0.5) is 10.5 Å². The maximum Gasteiger partial charge on any atom is 0.338 e. The third-order valence-corrected chi connectivity index (χ3v) is 5.86. The number of nitrogens with one attached hydrogen (secondary N) is 1. The van der Waals surface area contributed by atoms with E-state index < -0.39 is 29.6 Å². The molecule has 0 bridgehead atoms. The zero-order valence-corrected chi connectivity index (χ0v) is 18.5. The van der Waals surface area contributed by atoms with Crippen molar-refractivity contribution >= 4 is 69.8 Å². The van der Waals surface area contributed by atoms with Crippen LogP contribution in [0.1, 0.15) is 22.8 Å². The number of thioether (sulfide) groups is 1. The summed E-state index contributed by atoms with van der Waals surface area (Å²) < 4.78 is 4.90. The number of carbonyl (C=O) groups is 4. The molecule has 10 heteroatoms. The molecular formula is C21H16Cl2N2O5S. The lowest BCUT2D eigenvalue weighted by atomic mass is 10.2. The quantitative estimate of drug-likeness (QED) is 0.471. The van der Waals surface area contributed by atoms with Gasteiger partial charge < -0.3 is 10.1 Å². The number of nitrogens with zero attached hydrogens (tertiary/aromatic N) is 1. The number of hydrogen-bond acceptors (Lipinski definition) is 6. The van der Waals surface area contributed by atoms with Crippen LogP contribution in [0.5, 0.6) is 0 Å². The molecule has 1 aliphatic heterocycles. The van der Waals surface area contributed by atoms with Gasteiger partial charge in [-0.3, -0.25) is 19.3 Å². The van der Waals surface area contributed by atoms with Crippen molar-refractivity contribution in [2.24, 2.45) is 0 Å². The average Bonchev–Trinajstić information content (AvgIpc) is 2.99. The van der Waals surface area contributed by atoms with Crippen LogP contribution in [0.15, 0.2) is 47.4 Å². The molecule has 0 saturated carbocycles. The fraction of sp³-hybridized carbons (Fsp3) is 0.143.